The third kappa shape index (κ3) is 7.98. The highest BCUT2D eigenvalue weighted by Gasteiger charge is 2.49. The van der Waals surface area contributed by atoms with Gasteiger partial charge in [-0.2, -0.15) is 9.97 Å². The number of methoxy groups -OCH3 is 2. The third-order valence-electron chi connectivity index (χ3n) is 13.1. The molecule has 3 aliphatic heterocycles. The lowest BCUT2D eigenvalue weighted by Gasteiger charge is -2.38. The molecule has 10 nitrogen and oxygen atoms in total. The van der Waals surface area contributed by atoms with E-state index in [0.29, 0.717) is 83.2 Å². The molecule has 59 heavy (non-hydrogen) atoms. The SMILES string of the molecule is COCOc1cc(-c2ncc3c(N4CCC(C(=O)OC)CC4)nc(OC[C@@]45CCCN4C[C@H](F)C5)nc3c2F)c2c(C#C[Si](C(C)C)(C(C)C)C(C)C)c(F)ccc2c1. The number of halogens is 3. The van der Waals surface area contributed by atoms with Crippen LogP contribution in [-0.2, 0) is 14.3 Å². The van der Waals surface area contributed by atoms with E-state index in [1.54, 1.807) is 18.2 Å². The first-order valence-electron chi connectivity index (χ1n) is 20.9. The molecule has 2 atom stereocenters. The molecule has 0 saturated carbocycles. The van der Waals surface area contributed by atoms with E-state index in [1.165, 1.54) is 26.5 Å². The number of hydrogen-bond donors (Lipinski definition) is 0. The van der Waals surface area contributed by atoms with Gasteiger partial charge in [0.2, 0.25) is 0 Å². The van der Waals surface area contributed by atoms with Crippen molar-refractivity contribution in [2.45, 2.75) is 102 Å². The molecule has 3 aliphatic rings. The van der Waals surface area contributed by atoms with E-state index < -0.39 is 31.4 Å². The summed E-state index contributed by atoms with van der Waals surface area (Å²) in [6.45, 7) is 15.3. The molecule has 0 bridgehead atoms. The predicted octanol–water partition coefficient (Wildman–Crippen LogP) is 9.02. The first kappa shape index (κ1) is 42.7. The Hall–Kier alpha value is -4.45. The fourth-order valence-electron chi connectivity index (χ4n) is 10.2. The fraction of sp³-hybridized carbons (Fsp3) is 0.556. The number of pyridine rings is 1. The zero-order valence-electron chi connectivity index (χ0n) is 35.5. The van der Waals surface area contributed by atoms with E-state index in [0.717, 1.165) is 19.4 Å². The number of esters is 1. The highest BCUT2D eigenvalue weighted by Crippen LogP contribution is 2.44. The second kappa shape index (κ2) is 17.3. The van der Waals surface area contributed by atoms with Crippen LogP contribution in [0.4, 0.5) is 19.0 Å². The molecular formula is C45H56F3N5O5Si. The lowest BCUT2D eigenvalue weighted by Crippen LogP contribution is -2.43. The Morgan fingerprint density at radius 1 is 1.00 bits per heavy atom. The summed E-state index contributed by atoms with van der Waals surface area (Å²) in [5.74, 6) is 2.30. The summed E-state index contributed by atoms with van der Waals surface area (Å²) in [4.78, 5) is 30.7. The van der Waals surface area contributed by atoms with Crippen molar-refractivity contribution in [3.8, 4) is 34.5 Å². The zero-order valence-corrected chi connectivity index (χ0v) is 36.5. The molecule has 7 rings (SSSR count). The van der Waals surface area contributed by atoms with Crippen LogP contribution in [0.2, 0.25) is 16.6 Å². The number of benzene rings is 2. The number of fused-ring (bicyclic) bond motifs is 3. The number of hydrogen-bond acceptors (Lipinski definition) is 10. The van der Waals surface area contributed by atoms with E-state index >= 15 is 8.78 Å². The quantitative estimate of drug-likeness (QED) is 0.0596. The Labute approximate surface area is 346 Å². The number of rotatable bonds is 12. The van der Waals surface area contributed by atoms with E-state index in [-0.39, 0.29) is 53.6 Å². The first-order valence-corrected chi connectivity index (χ1v) is 23.1. The standard InChI is InChI=1S/C45H56F3N5O5Si/c1-27(2)59(28(3)4,29(5)6)19-14-34-37(47)11-10-31-20-33(58-26-55-7)21-35(38(31)34)40-39(48)41-36(23-49-40)42(52-17-12-30(13-18-52)43(54)56-8)51-44(50-41)57-25-45-15-9-16-53(45)24-32(46)22-45/h10-11,20-21,23,27-30,32H,9,12-13,15-18,22,24-26H2,1-8H3/t32-,45+/m1/s1. The van der Waals surface area contributed by atoms with E-state index in [1.807, 2.05) is 4.90 Å². The van der Waals surface area contributed by atoms with Gasteiger partial charge in [-0.3, -0.25) is 14.7 Å². The van der Waals surface area contributed by atoms with Crippen LogP contribution in [0.1, 0.15) is 79.2 Å². The van der Waals surface area contributed by atoms with E-state index in [4.69, 9.17) is 28.9 Å². The number of ether oxygens (including phenoxy) is 4. The lowest BCUT2D eigenvalue weighted by atomic mass is 9.95. The van der Waals surface area contributed by atoms with Crippen molar-refractivity contribution in [3.63, 3.8) is 0 Å². The molecule has 0 aliphatic carbocycles. The molecule has 0 amide bonds. The van der Waals surface area contributed by atoms with Gasteiger partial charge < -0.3 is 23.8 Å². The van der Waals surface area contributed by atoms with Gasteiger partial charge in [-0.15, -0.1) is 5.54 Å². The fourth-order valence-corrected chi connectivity index (χ4v) is 15.4. The van der Waals surface area contributed by atoms with Gasteiger partial charge in [0.05, 0.1) is 29.5 Å². The van der Waals surface area contributed by atoms with Crippen LogP contribution in [0.5, 0.6) is 11.8 Å². The number of aromatic nitrogens is 3. The topological polar surface area (TPSA) is 99.1 Å². The second-order valence-corrected chi connectivity index (χ2v) is 22.9. The summed E-state index contributed by atoms with van der Waals surface area (Å²) < 4.78 is 71.0. The average Bonchev–Trinajstić information content (AvgIpc) is 3.75. The monoisotopic (exact) mass is 831 g/mol. The second-order valence-electron chi connectivity index (χ2n) is 17.4. The van der Waals surface area contributed by atoms with Crippen molar-refractivity contribution in [1.82, 2.24) is 19.9 Å². The van der Waals surface area contributed by atoms with Gasteiger partial charge in [-0.05, 0) is 72.4 Å². The molecule has 14 heteroatoms. The van der Waals surface area contributed by atoms with Crippen molar-refractivity contribution in [1.29, 1.82) is 0 Å². The molecule has 2 aromatic carbocycles. The third-order valence-corrected chi connectivity index (χ3v) is 19.4. The Morgan fingerprint density at radius 2 is 1.73 bits per heavy atom. The first-order chi connectivity index (χ1) is 28.2. The number of nitrogens with zero attached hydrogens (tertiary/aromatic N) is 5. The summed E-state index contributed by atoms with van der Waals surface area (Å²) in [5.41, 5.74) is 4.43. The van der Waals surface area contributed by atoms with Crippen LogP contribution in [0.3, 0.4) is 0 Å². The normalized spacial score (nSPS) is 20.2. The van der Waals surface area contributed by atoms with Crippen LogP contribution in [0.25, 0.3) is 32.9 Å². The molecule has 0 unspecified atom stereocenters. The minimum Gasteiger partial charge on any atom is -0.469 e. The maximum absolute atomic E-state index is 17.6. The Balaban J connectivity index is 1.41. The van der Waals surface area contributed by atoms with Crippen molar-refractivity contribution in [3.05, 3.63) is 47.7 Å². The lowest BCUT2D eigenvalue weighted by molar-refractivity contribution is -0.146. The van der Waals surface area contributed by atoms with Crippen molar-refractivity contribution >= 4 is 41.5 Å². The number of carbonyl (C=O) groups is 1. The molecule has 3 saturated heterocycles. The smallest absolute Gasteiger partial charge is 0.319 e. The Bertz CT molecular complexity index is 2250. The zero-order chi connectivity index (χ0) is 42.2. The number of alkyl halides is 1. The van der Waals surface area contributed by atoms with Crippen LogP contribution >= 0.6 is 0 Å². The molecular weight excluding hydrogens is 776 g/mol. The minimum atomic E-state index is -2.31. The van der Waals surface area contributed by atoms with Crippen LogP contribution < -0.4 is 14.4 Å². The van der Waals surface area contributed by atoms with Crippen molar-refractivity contribution in [2.24, 2.45) is 5.92 Å². The van der Waals surface area contributed by atoms with Crippen molar-refractivity contribution in [2.75, 3.05) is 58.7 Å². The predicted molar refractivity (Wildman–Crippen MR) is 226 cm³/mol. The largest absolute Gasteiger partial charge is 0.469 e. The van der Waals surface area contributed by atoms with Gasteiger partial charge in [0.1, 0.15) is 49.4 Å². The van der Waals surface area contributed by atoms with Gasteiger partial charge in [-0.25, -0.2) is 13.2 Å². The molecule has 2 aromatic heterocycles. The molecule has 0 N–H and O–H groups in total. The van der Waals surface area contributed by atoms with Gasteiger partial charge in [0.15, 0.2) is 12.6 Å². The molecule has 3 fully saturated rings. The maximum atomic E-state index is 17.6. The summed E-state index contributed by atoms with van der Waals surface area (Å²) in [5, 5.41) is 1.35. The van der Waals surface area contributed by atoms with Gasteiger partial charge in [0, 0.05) is 50.3 Å². The minimum absolute atomic E-state index is 0.0353. The van der Waals surface area contributed by atoms with E-state index in [2.05, 4.69) is 62.9 Å². The number of piperidine rings is 1. The summed E-state index contributed by atoms with van der Waals surface area (Å²) >= 11 is 0. The number of anilines is 1. The maximum Gasteiger partial charge on any atom is 0.319 e. The molecule has 4 aromatic rings. The van der Waals surface area contributed by atoms with Gasteiger partial charge in [0.25, 0.3) is 0 Å². The molecule has 316 valence electrons. The Kier molecular flexibility index (Phi) is 12.5. The van der Waals surface area contributed by atoms with E-state index in [9.17, 15) is 9.18 Å². The summed E-state index contributed by atoms with van der Waals surface area (Å²) in [6, 6.07) is 6.38. The molecule has 0 radical (unpaired) electrons. The van der Waals surface area contributed by atoms with Crippen LogP contribution in [-0.4, -0.2) is 99.4 Å². The average molecular weight is 832 g/mol. The summed E-state index contributed by atoms with van der Waals surface area (Å²) in [6.07, 6.45) is 3.68. The highest BCUT2D eigenvalue weighted by molar-refractivity contribution is 6.90. The van der Waals surface area contributed by atoms with Gasteiger partial charge >= 0.3 is 12.0 Å². The van der Waals surface area contributed by atoms with Crippen molar-refractivity contribution < 1.29 is 36.9 Å². The van der Waals surface area contributed by atoms with Crippen LogP contribution in [0, 0.1) is 29.0 Å². The van der Waals surface area contributed by atoms with Gasteiger partial charge in [-0.1, -0.05) is 53.5 Å². The van der Waals surface area contributed by atoms with Crippen LogP contribution in [0.15, 0.2) is 30.5 Å². The number of carbonyl (C=O) groups excluding carboxylic acids is 1. The molecule has 5 heterocycles. The Morgan fingerprint density at radius 3 is 2.41 bits per heavy atom. The summed E-state index contributed by atoms with van der Waals surface area (Å²) in [7, 11) is 0.578. The highest BCUT2D eigenvalue weighted by atomic mass is 28.3. The molecule has 0 spiro atoms.